The second kappa shape index (κ2) is 8.37. The van der Waals surface area contributed by atoms with E-state index in [1.54, 1.807) is 11.3 Å². The van der Waals surface area contributed by atoms with E-state index in [2.05, 4.69) is 24.3 Å². The average molecular weight is 458 g/mol. The van der Waals surface area contributed by atoms with Gasteiger partial charge in [0.2, 0.25) is 5.95 Å². The monoisotopic (exact) mass is 457 g/mol. The maximum absolute atomic E-state index is 11.4. The molecule has 8 nitrogen and oxygen atoms in total. The molecule has 0 fully saturated rings. The Morgan fingerprint density at radius 3 is 2.52 bits per heavy atom. The fraction of sp³-hybridized carbons (Fsp3) is 0.286. The van der Waals surface area contributed by atoms with Gasteiger partial charge in [-0.3, -0.25) is 4.57 Å². The van der Waals surface area contributed by atoms with E-state index in [9.17, 15) is 8.42 Å². The lowest BCUT2D eigenvalue weighted by Gasteiger charge is -2.11. The summed E-state index contributed by atoms with van der Waals surface area (Å²) in [5, 5.41) is 0.954. The smallest absolute Gasteiger partial charge is 0.285 e. The molecule has 0 amide bonds. The van der Waals surface area contributed by atoms with Crippen LogP contribution in [0.1, 0.15) is 18.9 Å². The van der Waals surface area contributed by atoms with Gasteiger partial charge >= 0.3 is 0 Å². The molecule has 31 heavy (non-hydrogen) atoms. The minimum absolute atomic E-state index is 0.284. The maximum Gasteiger partial charge on any atom is 0.285 e. The van der Waals surface area contributed by atoms with E-state index in [1.807, 2.05) is 54.0 Å². The fourth-order valence-electron chi connectivity index (χ4n) is 3.25. The topological polar surface area (TPSA) is 99.0 Å². The van der Waals surface area contributed by atoms with Crippen LogP contribution in [0.5, 0.6) is 0 Å². The van der Waals surface area contributed by atoms with Crippen LogP contribution in [0.3, 0.4) is 0 Å². The number of rotatable bonds is 7. The zero-order valence-electron chi connectivity index (χ0n) is 17.7. The molecule has 4 rings (SSSR count). The Morgan fingerprint density at radius 2 is 1.84 bits per heavy atom. The molecule has 162 valence electrons. The Kier molecular flexibility index (Phi) is 5.78. The number of pyridine rings is 1. The maximum atomic E-state index is 11.4. The Labute approximate surface area is 185 Å². The Balaban J connectivity index is 1.83. The van der Waals surface area contributed by atoms with Crippen LogP contribution >= 0.6 is 11.3 Å². The fourth-order valence-corrected chi connectivity index (χ4v) is 4.39. The molecular formula is C21H23N5O3S2. The van der Waals surface area contributed by atoms with Crippen LogP contribution in [0, 0.1) is 12.8 Å². The molecule has 0 spiro atoms. The van der Waals surface area contributed by atoms with Crippen LogP contribution in [0.15, 0.2) is 42.5 Å². The van der Waals surface area contributed by atoms with Gasteiger partial charge in [0.1, 0.15) is 5.52 Å². The van der Waals surface area contributed by atoms with Crippen LogP contribution in [-0.4, -0.2) is 34.2 Å². The van der Waals surface area contributed by atoms with Gasteiger partial charge in [-0.25, -0.2) is 20.4 Å². The van der Waals surface area contributed by atoms with Crippen molar-refractivity contribution >= 4 is 38.6 Å². The van der Waals surface area contributed by atoms with E-state index in [0.717, 1.165) is 33.1 Å². The van der Waals surface area contributed by atoms with Crippen molar-refractivity contribution in [2.24, 2.45) is 5.92 Å². The molecule has 0 saturated heterocycles. The zero-order chi connectivity index (χ0) is 22.2. The lowest BCUT2D eigenvalue weighted by atomic mass is 10.1. The van der Waals surface area contributed by atoms with Crippen molar-refractivity contribution in [1.82, 2.24) is 19.5 Å². The first-order valence-corrected chi connectivity index (χ1v) is 12.4. The summed E-state index contributed by atoms with van der Waals surface area (Å²) in [7, 11) is -3.68. The average Bonchev–Trinajstić information content (AvgIpc) is 3.26. The third-order valence-electron chi connectivity index (χ3n) is 4.44. The largest absolute Gasteiger partial charge is 0.293 e. The highest BCUT2D eigenvalue weighted by Crippen LogP contribution is 2.36. The van der Waals surface area contributed by atoms with Gasteiger partial charge in [0, 0.05) is 12.1 Å². The van der Waals surface area contributed by atoms with Crippen LogP contribution < -0.4 is 5.48 Å². The van der Waals surface area contributed by atoms with E-state index in [1.165, 1.54) is 0 Å². The minimum atomic E-state index is -3.68. The van der Waals surface area contributed by atoms with Gasteiger partial charge in [0.25, 0.3) is 10.1 Å². The number of fused-ring (bicyclic) bond motifs is 1. The Morgan fingerprint density at radius 1 is 1.10 bits per heavy atom. The van der Waals surface area contributed by atoms with Crippen molar-refractivity contribution in [1.29, 1.82) is 0 Å². The summed E-state index contributed by atoms with van der Waals surface area (Å²) in [5.41, 5.74) is 6.47. The summed E-state index contributed by atoms with van der Waals surface area (Å²) < 4.78 is 29.5. The van der Waals surface area contributed by atoms with E-state index in [4.69, 9.17) is 14.3 Å². The molecular weight excluding hydrogens is 434 g/mol. The Bertz CT molecular complexity index is 1330. The van der Waals surface area contributed by atoms with Gasteiger partial charge in [-0.2, -0.15) is 8.42 Å². The second-order valence-electron chi connectivity index (χ2n) is 7.65. The third kappa shape index (κ3) is 4.76. The summed E-state index contributed by atoms with van der Waals surface area (Å²) in [4.78, 5) is 15.1. The van der Waals surface area contributed by atoms with E-state index in [-0.39, 0.29) is 5.92 Å². The van der Waals surface area contributed by atoms with Crippen molar-refractivity contribution < 1.29 is 12.7 Å². The number of hydrogen-bond donors (Lipinski definition) is 1. The SMILES string of the molecule is Cc1nc(-c2ccccc2)c(-c2ccc3nc(NOS(C)(=O)=O)n(CC(C)C)c3n2)s1. The van der Waals surface area contributed by atoms with Gasteiger partial charge in [0.15, 0.2) is 5.65 Å². The zero-order valence-corrected chi connectivity index (χ0v) is 19.3. The molecule has 0 atom stereocenters. The third-order valence-corrected chi connectivity index (χ3v) is 5.82. The predicted octanol–water partition coefficient (Wildman–Crippen LogP) is 4.49. The molecule has 0 saturated carbocycles. The molecule has 3 aromatic heterocycles. The normalized spacial score (nSPS) is 12.0. The summed E-state index contributed by atoms with van der Waals surface area (Å²) in [5.74, 6) is 0.578. The molecule has 0 aliphatic heterocycles. The number of aryl methyl sites for hydroxylation is 1. The van der Waals surface area contributed by atoms with Gasteiger partial charge in [0.05, 0.1) is 27.5 Å². The standard InChI is InChI=1S/C21H23N5O3S2/c1-13(2)12-26-20-17(24-21(26)25-29-31(4,27)28)11-10-16(23-20)19-18(22-14(3)30-19)15-8-6-5-7-9-15/h5-11,13H,12H2,1-4H3,(H,24,25). The first kappa shape index (κ1) is 21.4. The number of nitrogens with zero attached hydrogens (tertiary/aromatic N) is 4. The number of benzene rings is 1. The van der Waals surface area contributed by atoms with E-state index < -0.39 is 10.1 Å². The van der Waals surface area contributed by atoms with Crippen LogP contribution in [-0.2, 0) is 20.9 Å². The van der Waals surface area contributed by atoms with Crippen LogP contribution in [0.2, 0.25) is 0 Å². The molecule has 0 aliphatic rings. The molecule has 10 heteroatoms. The Hall–Kier alpha value is -2.82. The van der Waals surface area contributed by atoms with E-state index >= 15 is 0 Å². The van der Waals surface area contributed by atoms with Crippen molar-refractivity contribution in [3.63, 3.8) is 0 Å². The highest BCUT2D eigenvalue weighted by Gasteiger charge is 2.19. The number of imidazole rings is 1. The number of anilines is 1. The van der Waals surface area contributed by atoms with Crippen molar-refractivity contribution in [3.05, 3.63) is 47.5 Å². The van der Waals surface area contributed by atoms with Crippen molar-refractivity contribution in [3.8, 4) is 21.8 Å². The first-order chi connectivity index (χ1) is 14.7. The predicted molar refractivity (Wildman–Crippen MR) is 123 cm³/mol. The molecule has 0 bridgehead atoms. The van der Waals surface area contributed by atoms with Gasteiger partial charge in [-0.1, -0.05) is 44.2 Å². The van der Waals surface area contributed by atoms with E-state index in [0.29, 0.717) is 23.7 Å². The van der Waals surface area contributed by atoms with Gasteiger partial charge in [-0.15, -0.1) is 15.6 Å². The summed E-state index contributed by atoms with van der Waals surface area (Å²) in [6, 6.07) is 13.8. The molecule has 3 heterocycles. The van der Waals surface area contributed by atoms with Gasteiger partial charge < -0.3 is 0 Å². The highest BCUT2D eigenvalue weighted by molar-refractivity contribution is 7.86. The highest BCUT2D eigenvalue weighted by atomic mass is 32.2. The van der Waals surface area contributed by atoms with Crippen LogP contribution in [0.4, 0.5) is 5.95 Å². The number of hydrogen-bond acceptors (Lipinski definition) is 8. The van der Waals surface area contributed by atoms with Crippen molar-refractivity contribution in [2.75, 3.05) is 11.7 Å². The molecule has 1 aromatic carbocycles. The molecule has 0 radical (unpaired) electrons. The lowest BCUT2D eigenvalue weighted by molar-refractivity contribution is 0.385. The summed E-state index contributed by atoms with van der Waals surface area (Å²) in [6.45, 7) is 6.70. The van der Waals surface area contributed by atoms with Gasteiger partial charge in [-0.05, 0) is 25.0 Å². The number of thiazole rings is 1. The lowest BCUT2D eigenvalue weighted by Crippen LogP contribution is -2.15. The number of nitrogens with one attached hydrogen (secondary N) is 1. The summed E-state index contributed by atoms with van der Waals surface area (Å²) >= 11 is 1.59. The first-order valence-electron chi connectivity index (χ1n) is 9.76. The molecule has 4 aromatic rings. The van der Waals surface area contributed by atoms with Crippen LogP contribution in [0.25, 0.3) is 33.0 Å². The second-order valence-corrected chi connectivity index (χ2v) is 10.4. The molecule has 0 unspecified atom stereocenters. The molecule has 1 N–H and O–H groups in total. The summed E-state index contributed by atoms with van der Waals surface area (Å²) in [6.07, 6.45) is 0.975. The minimum Gasteiger partial charge on any atom is -0.293 e. The van der Waals surface area contributed by atoms with Crippen molar-refractivity contribution in [2.45, 2.75) is 27.3 Å². The molecule has 0 aliphatic carbocycles. The number of aromatic nitrogens is 4. The quantitative estimate of drug-likeness (QED) is 0.408.